The second-order valence-corrected chi connectivity index (χ2v) is 6.15. The molecule has 2 rings (SSSR count). The molecule has 2 aliphatic rings. The number of nitrogens with zero attached hydrogens (tertiary/aromatic N) is 1. The summed E-state index contributed by atoms with van der Waals surface area (Å²) in [6.07, 6.45) is 3.58. The van der Waals surface area contributed by atoms with E-state index in [1.165, 1.54) is 0 Å². The standard InChI is InChI=1S/C15H25NO4/c1-4-19-14(18)15(2,3)13(17)10-16-8-9-20-12-7-5-6-11(12)16/h11-12H,4-10H2,1-3H3. The van der Waals surface area contributed by atoms with Gasteiger partial charge < -0.3 is 9.47 Å². The van der Waals surface area contributed by atoms with Crippen molar-refractivity contribution in [1.29, 1.82) is 0 Å². The van der Waals surface area contributed by atoms with Crippen molar-refractivity contribution >= 4 is 11.8 Å². The predicted octanol–water partition coefficient (Wildman–Crippen LogP) is 1.40. The minimum Gasteiger partial charge on any atom is -0.465 e. The van der Waals surface area contributed by atoms with Crippen molar-refractivity contribution in [3.63, 3.8) is 0 Å². The van der Waals surface area contributed by atoms with Gasteiger partial charge in [-0.25, -0.2) is 0 Å². The maximum Gasteiger partial charge on any atom is 0.319 e. The third kappa shape index (κ3) is 3.04. The molecule has 1 aliphatic carbocycles. The second-order valence-electron chi connectivity index (χ2n) is 6.15. The number of carbonyl (C=O) groups excluding carboxylic acids is 2. The molecule has 0 spiro atoms. The van der Waals surface area contributed by atoms with Gasteiger partial charge in [0.2, 0.25) is 0 Å². The molecule has 5 nitrogen and oxygen atoms in total. The molecule has 0 aromatic heterocycles. The highest BCUT2D eigenvalue weighted by Crippen LogP contribution is 2.30. The van der Waals surface area contributed by atoms with Crippen molar-refractivity contribution in [2.24, 2.45) is 5.41 Å². The smallest absolute Gasteiger partial charge is 0.319 e. The molecule has 20 heavy (non-hydrogen) atoms. The van der Waals surface area contributed by atoms with Crippen LogP contribution in [0, 0.1) is 5.41 Å². The van der Waals surface area contributed by atoms with E-state index in [1.807, 2.05) is 0 Å². The lowest BCUT2D eigenvalue weighted by atomic mass is 9.87. The highest BCUT2D eigenvalue weighted by molar-refractivity contribution is 6.03. The molecule has 1 heterocycles. The molecule has 0 N–H and O–H groups in total. The first-order chi connectivity index (χ1) is 9.46. The summed E-state index contributed by atoms with van der Waals surface area (Å²) in [7, 11) is 0. The lowest BCUT2D eigenvalue weighted by molar-refractivity contribution is -0.159. The molecule has 1 saturated carbocycles. The zero-order valence-electron chi connectivity index (χ0n) is 12.7. The fourth-order valence-electron chi connectivity index (χ4n) is 3.01. The average molecular weight is 283 g/mol. The van der Waals surface area contributed by atoms with Crippen LogP contribution in [0.1, 0.15) is 40.0 Å². The van der Waals surface area contributed by atoms with Gasteiger partial charge in [0.15, 0.2) is 5.78 Å². The molecular formula is C15H25NO4. The molecule has 0 radical (unpaired) electrons. The van der Waals surface area contributed by atoms with E-state index in [-0.39, 0.29) is 11.9 Å². The summed E-state index contributed by atoms with van der Waals surface area (Å²) in [4.78, 5) is 26.5. The minimum atomic E-state index is -1.07. The van der Waals surface area contributed by atoms with Crippen LogP contribution < -0.4 is 0 Å². The molecule has 2 atom stereocenters. The van der Waals surface area contributed by atoms with Crippen LogP contribution >= 0.6 is 0 Å². The summed E-state index contributed by atoms with van der Waals surface area (Å²) in [5, 5.41) is 0. The van der Waals surface area contributed by atoms with Crippen LogP contribution in [0.3, 0.4) is 0 Å². The van der Waals surface area contributed by atoms with Crippen molar-refractivity contribution in [3.05, 3.63) is 0 Å². The van der Waals surface area contributed by atoms with Crippen LogP contribution in [0.15, 0.2) is 0 Å². The van der Waals surface area contributed by atoms with Gasteiger partial charge in [-0.1, -0.05) is 0 Å². The summed E-state index contributed by atoms with van der Waals surface area (Å²) in [5.74, 6) is -0.496. The maximum atomic E-state index is 12.5. The quantitative estimate of drug-likeness (QED) is 0.564. The van der Waals surface area contributed by atoms with Crippen molar-refractivity contribution < 1.29 is 19.1 Å². The highest BCUT2D eigenvalue weighted by Gasteiger charge is 2.42. The number of fused-ring (bicyclic) bond motifs is 1. The van der Waals surface area contributed by atoms with Gasteiger partial charge in [0.1, 0.15) is 5.41 Å². The van der Waals surface area contributed by atoms with E-state index in [2.05, 4.69) is 4.90 Å². The molecule has 5 heteroatoms. The minimum absolute atomic E-state index is 0.0662. The Bertz CT molecular complexity index is 380. The Labute approximate surface area is 120 Å². The van der Waals surface area contributed by atoms with Crippen molar-refractivity contribution in [2.75, 3.05) is 26.3 Å². The summed E-state index contributed by atoms with van der Waals surface area (Å²) in [6, 6.07) is 0.339. The van der Waals surface area contributed by atoms with Gasteiger partial charge in [-0.05, 0) is 40.0 Å². The lowest BCUT2D eigenvalue weighted by Crippen LogP contribution is -2.52. The summed E-state index contributed by atoms with van der Waals surface area (Å²) >= 11 is 0. The maximum absolute atomic E-state index is 12.5. The highest BCUT2D eigenvalue weighted by atomic mass is 16.5. The largest absolute Gasteiger partial charge is 0.465 e. The Morgan fingerprint density at radius 2 is 2.10 bits per heavy atom. The molecular weight excluding hydrogens is 258 g/mol. The molecule has 2 fully saturated rings. The van der Waals surface area contributed by atoms with Crippen LogP contribution in [0.5, 0.6) is 0 Å². The third-order valence-electron chi connectivity index (χ3n) is 4.43. The van der Waals surface area contributed by atoms with E-state index < -0.39 is 11.4 Å². The average Bonchev–Trinajstić information content (AvgIpc) is 2.88. The van der Waals surface area contributed by atoms with Gasteiger partial charge in [0.05, 0.1) is 25.9 Å². The van der Waals surface area contributed by atoms with Crippen LogP contribution in [-0.2, 0) is 19.1 Å². The Kier molecular flexibility index (Phi) is 4.81. The Morgan fingerprint density at radius 3 is 2.80 bits per heavy atom. The number of ketones is 1. The monoisotopic (exact) mass is 283 g/mol. The molecule has 2 unspecified atom stereocenters. The predicted molar refractivity (Wildman–Crippen MR) is 74.4 cm³/mol. The van der Waals surface area contributed by atoms with Gasteiger partial charge in [0, 0.05) is 12.6 Å². The van der Waals surface area contributed by atoms with Crippen molar-refractivity contribution in [3.8, 4) is 0 Å². The number of esters is 1. The Balaban J connectivity index is 1.98. The summed E-state index contributed by atoms with van der Waals surface area (Å²) in [5.41, 5.74) is -1.07. The van der Waals surface area contributed by atoms with Crippen LogP contribution in [-0.4, -0.2) is 55.1 Å². The summed E-state index contributed by atoms with van der Waals surface area (Å²) < 4.78 is 10.7. The SMILES string of the molecule is CCOC(=O)C(C)(C)C(=O)CN1CCOC2CCCC21. The first-order valence-corrected chi connectivity index (χ1v) is 7.53. The normalized spacial score (nSPS) is 27.1. The third-order valence-corrected chi connectivity index (χ3v) is 4.43. The number of rotatable bonds is 5. The molecule has 0 bridgehead atoms. The van der Waals surface area contributed by atoms with Crippen molar-refractivity contribution in [1.82, 2.24) is 4.90 Å². The van der Waals surface area contributed by atoms with E-state index in [1.54, 1.807) is 20.8 Å². The lowest BCUT2D eigenvalue weighted by Gasteiger charge is -2.38. The number of morpholine rings is 1. The number of Topliss-reactive ketones (excluding diaryl/α,β-unsaturated/α-hetero) is 1. The van der Waals surface area contributed by atoms with Gasteiger partial charge in [-0.2, -0.15) is 0 Å². The summed E-state index contributed by atoms with van der Waals surface area (Å²) in [6.45, 7) is 7.12. The Morgan fingerprint density at radius 1 is 1.35 bits per heavy atom. The van der Waals surface area contributed by atoms with Crippen molar-refractivity contribution in [2.45, 2.75) is 52.2 Å². The topological polar surface area (TPSA) is 55.8 Å². The number of hydrogen-bond donors (Lipinski definition) is 0. The van der Waals surface area contributed by atoms with E-state index in [4.69, 9.17) is 9.47 Å². The molecule has 0 amide bonds. The van der Waals surface area contributed by atoms with E-state index >= 15 is 0 Å². The van der Waals surface area contributed by atoms with Gasteiger partial charge in [-0.3, -0.25) is 14.5 Å². The molecule has 0 aromatic rings. The Hall–Kier alpha value is -0.940. The molecule has 0 aromatic carbocycles. The van der Waals surface area contributed by atoms with E-state index in [0.29, 0.717) is 25.8 Å². The zero-order valence-corrected chi connectivity index (χ0v) is 12.7. The fourth-order valence-corrected chi connectivity index (χ4v) is 3.01. The van der Waals surface area contributed by atoms with Crippen LogP contribution in [0.4, 0.5) is 0 Å². The van der Waals surface area contributed by atoms with Gasteiger partial charge >= 0.3 is 5.97 Å². The van der Waals surface area contributed by atoms with E-state index in [0.717, 1.165) is 25.8 Å². The first-order valence-electron chi connectivity index (χ1n) is 7.53. The first kappa shape index (κ1) is 15.4. The zero-order chi connectivity index (χ0) is 14.8. The number of ether oxygens (including phenoxy) is 2. The van der Waals surface area contributed by atoms with Crippen LogP contribution in [0.2, 0.25) is 0 Å². The van der Waals surface area contributed by atoms with Crippen LogP contribution in [0.25, 0.3) is 0 Å². The van der Waals surface area contributed by atoms with Gasteiger partial charge in [-0.15, -0.1) is 0 Å². The fraction of sp³-hybridized carbons (Fsp3) is 0.867. The number of carbonyl (C=O) groups is 2. The molecule has 114 valence electrons. The van der Waals surface area contributed by atoms with Gasteiger partial charge in [0.25, 0.3) is 0 Å². The molecule has 1 aliphatic heterocycles. The molecule has 1 saturated heterocycles. The number of hydrogen-bond acceptors (Lipinski definition) is 5. The second kappa shape index (κ2) is 6.22. The van der Waals surface area contributed by atoms with E-state index in [9.17, 15) is 9.59 Å².